The maximum Gasteiger partial charge on any atom is 0.411 e. The van der Waals surface area contributed by atoms with Gasteiger partial charge in [-0.2, -0.15) is 11.8 Å². The Bertz CT molecular complexity index is 1020. The standard InChI is InChI=1S/C26H35Cl3N2O7S/c1-4-6-11-39-15-18-9-7-10-31(18)23(32)19-12-21(36-3)22(37-14-17(8-5-2)24(33)34)13-20(19)30-25(35)38-16-26(27,28)29/h5,8,12-13,17-18H,4,6-7,9-11,14-16H2,1-3H3,(H,30,35)(H,33,34)/t17?,18-/m0/s1. The van der Waals surface area contributed by atoms with E-state index in [0.717, 1.165) is 37.2 Å². The van der Waals surface area contributed by atoms with Crippen LogP contribution in [0.5, 0.6) is 11.5 Å². The van der Waals surface area contributed by atoms with Crippen LogP contribution in [0.25, 0.3) is 0 Å². The van der Waals surface area contributed by atoms with Crippen molar-refractivity contribution in [2.24, 2.45) is 5.92 Å². The second kappa shape index (κ2) is 16.3. The Morgan fingerprint density at radius 1 is 1.28 bits per heavy atom. The van der Waals surface area contributed by atoms with Crippen LogP contribution in [0, 0.1) is 5.92 Å². The van der Waals surface area contributed by atoms with Crippen LogP contribution >= 0.6 is 46.6 Å². The number of amides is 2. The molecule has 1 aliphatic heterocycles. The van der Waals surface area contributed by atoms with Crippen LogP contribution in [0.15, 0.2) is 24.3 Å². The summed E-state index contributed by atoms with van der Waals surface area (Å²) in [6.45, 7) is 3.71. The molecule has 0 radical (unpaired) electrons. The zero-order valence-electron chi connectivity index (χ0n) is 22.2. The first kappa shape index (κ1) is 33.2. The lowest BCUT2D eigenvalue weighted by molar-refractivity contribution is -0.140. The molecular weight excluding hydrogens is 591 g/mol. The number of thioether (sulfide) groups is 1. The normalized spacial score (nSPS) is 16.3. The number of aliphatic carboxylic acids is 1. The fourth-order valence-corrected chi connectivity index (χ4v) is 5.37. The molecule has 0 spiro atoms. The highest BCUT2D eigenvalue weighted by Gasteiger charge is 2.32. The molecule has 2 amide bonds. The summed E-state index contributed by atoms with van der Waals surface area (Å²) < 4.78 is 14.4. The molecule has 2 atom stereocenters. The number of carbonyl (C=O) groups excluding carboxylic acids is 2. The number of carbonyl (C=O) groups is 3. The monoisotopic (exact) mass is 624 g/mol. The molecule has 1 unspecified atom stereocenters. The van der Waals surface area contributed by atoms with Crippen molar-refractivity contribution in [2.75, 3.05) is 43.7 Å². The number of hydrogen-bond acceptors (Lipinski definition) is 7. The van der Waals surface area contributed by atoms with Gasteiger partial charge in [0.25, 0.3) is 5.91 Å². The molecule has 1 saturated heterocycles. The number of nitrogens with zero attached hydrogens (tertiary/aromatic N) is 1. The first-order valence-electron chi connectivity index (χ1n) is 12.6. The molecule has 0 aromatic heterocycles. The van der Waals surface area contributed by atoms with E-state index in [1.165, 1.54) is 25.3 Å². The van der Waals surface area contributed by atoms with E-state index in [0.29, 0.717) is 6.54 Å². The summed E-state index contributed by atoms with van der Waals surface area (Å²) in [6, 6.07) is 2.92. The van der Waals surface area contributed by atoms with Crippen molar-refractivity contribution in [1.82, 2.24) is 4.90 Å². The van der Waals surface area contributed by atoms with Crippen LogP contribution in [0.3, 0.4) is 0 Å². The van der Waals surface area contributed by atoms with Crippen LogP contribution < -0.4 is 14.8 Å². The molecule has 1 heterocycles. The fraction of sp³-hybridized carbons (Fsp3) is 0.577. The summed E-state index contributed by atoms with van der Waals surface area (Å²) in [5, 5.41) is 12.0. The first-order chi connectivity index (χ1) is 18.5. The van der Waals surface area contributed by atoms with Gasteiger partial charge in [-0.15, -0.1) is 0 Å². The number of likely N-dealkylation sites (tertiary alicyclic amines) is 1. The number of carboxylic acids is 1. The van der Waals surface area contributed by atoms with Crippen molar-refractivity contribution < 1.29 is 33.7 Å². The number of allylic oxidation sites excluding steroid dienone is 1. The summed E-state index contributed by atoms with van der Waals surface area (Å²) in [7, 11) is 1.41. The van der Waals surface area contributed by atoms with E-state index in [-0.39, 0.29) is 41.3 Å². The molecule has 2 N–H and O–H groups in total. The fourth-order valence-electron chi connectivity index (χ4n) is 3.92. The number of alkyl halides is 3. The second-order valence-electron chi connectivity index (χ2n) is 8.87. The van der Waals surface area contributed by atoms with Gasteiger partial charge in [0.05, 0.1) is 18.4 Å². The quantitative estimate of drug-likeness (QED) is 0.139. The molecule has 218 valence electrons. The average Bonchev–Trinajstić information content (AvgIpc) is 3.35. The van der Waals surface area contributed by atoms with E-state index in [4.69, 9.17) is 49.0 Å². The molecule has 1 aromatic carbocycles. The van der Waals surface area contributed by atoms with Crippen molar-refractivity contribution >= 4 is 70.2 Å². The molecule has 0 bridgehead atoms. The third-order valence-corrected chi connectivity index (χ3v) is 7.41. The van der Waals surface area contributed by atoms with Gasteiger partial charge in [-0.25, -0.2) is 4.79 Å². The number of halogens is 3. The van der Waals surface area contributed by atoms with Crippen LogP contribution in [0.2, 0.25) is 0 Å². The molecule has 2 rings (SSSR count). The predicted molar refractivity (Wildman–Crippen MR) is 156 cm³/mol. The highest BCUT2D eigenvalue weighted by Crippen LogP contribution is 2.36. The number of unbranched alkanes of at least 4 members (excludes halogenated alkanes) is 1. The van der Waals surface area contributed by atoms with E-state index >= 15 is 0 Å². The van der Waals surface area contributed by atoms with Crippen LogP contribution in [-0.4, -0.2) is 76.2 Å². The topological polar surface area (TPSA) is 114 Å². The van der Waals surface area contributed by atoms with Crippen LogP contribution in [0.4, 0.5) is 10.5 Å². The number of ether oxygens (including phenoxy) is 3. The molecule has 0 aliphatic carbocycles. The third kappa shape index (κ3) is 10.8. The highest BCUT2D eigenvalue weighted by molar-refractivity contribution is 7.99. The number of anilines is 1. The molecular formula is C26H35Cl3N2O7S. The van der Waals surface area contributed by atoms with Crippen molar-refractivity contribution in [2.45, 2.75) is 49.4 Å². The van der Waals surface area contributed by atoms with E-state index < -0.39 is 28.4 Å². The lowest BCUT2D eigenvalue weighted by atomic mass is 10.1. The molecule has 1 fully saturated rings. The lowest BCUT2D eigenvalue weighted by Gasteiger charge is -2.26. The number of hydrogen-bond donors (Lipinski definition) is 2. The van der Waals surface area contributed by atoms with Gasteiger partial charge in [-0.3, -0.25) is 14.9 Å². The van der Waals surface area contributed by atoms with E-state index in [9.17, 15) is 19.5 Å². The van der Waals surface area contributed by atoms with Gasteiger partial charge in [-0.05, 0) is 38.0 Å². The Morgan fingerprint density at radius 3 is 2.64 bits per heavy atom. The first-order valence-corrected chi connectivity index (χ1v) is 14.9. The minimum Gasteiger partial charge on any atom is -0.493 e. The summed E-state index contributed by atoms with van der Waals surface area (Å²) in [5.41, 5.74) is 0.256. The molecule has 9 nitrogen and oxygen atoms in total. The van der Waals surface area contributed by atoms with Crippen molar-refractivity contribution in [3.05, 3.63) is 29.8 Å². The third-order valence-electron chi connectivity index (χ3n) is 5.89. The Kier molecular flexibility index (Phi) is 13.9. The molecule has 39 heavy (non-hydrogen) atoms. The number of nitrogens with one attached hydrogen (secondary N) is 1. The molecule has 0 saturated carbocycles. The number of rotatable bonds is 14. The van der Waals surface area contributed by atoms with Gasteiger partial charge in [0.15, 0.2) is 11.5 Å². The van der Waals surface area contributed by atoms with Crippen molar-refractivity contribution in [1.29, 1.82) is 0 Å². The molecule has 1 aromatic rings. The lowest BCUT2D eigenvalue weighted by Crippen LogP contribution is -2.37. The summed E-state index contributed by atoms with van der Waals surface area (Å²) in [5.74, 6) is -0.0779. The van der Waals surface area contributed by atoms with Gasteiger partial charge in [0.2, 0.25) is 3.79 Å². The van der Waals surface area contributed by atoms with Gasteiger partial charge < -0.3 is 24.2 Å². The van der Waals surface area contributed by atoms with Crippen LogP contribution in [-0.2, 0) is 9.53 Å². The van der Waals surface area contributed by atoms with Crippen molar-refractivity contribution in [3.63, 3.8) is 0 Å². The SMILES string of the molecule is CC=CC(COc1cc(NC(=O)OCC(Cl)(Cl)Cl)c(C(=O)N2CCC[C@H]2CSCCCC)cc1OC)C(=O)O. The van der Waals surface area contributed by atoms with E-state index in [1.54, 1.807) is 17.9 Å². The highest BCUT2D eigenvalue weighted by atomic mass is 35.6. The van der Waals surface area contributed by atoms with E-state index in [2.05, 4.69) is 12.2 Å². The molecule has 13 heteroatoms. The zero-order chi connectivity index (χ0) is 29.0. The molecule has 1 aliphatic rings. The Balaban J connectivity index is 2.38. The smallest absolute Gasteiger partial charge is 0.411 e. The summed E-state index contributed by atoms with van der Waals surface area (Å²) in [4.78, 5) is 39.6. The van der Waals surface area contributed by atoms with Gasteiger partial charge in [-0.1, -0.05) is 60.3 Å². The minimum absolute atomic E-state index is 0.0580. The Morgan fingerprint density at radius 2 is 2.03 bits per heavy atom. The van der Waals surface area contributed by atoms with Crippen LogP contribution in [0.1, 0.15) is 49.9 Å². The number of carboxylic acid groups (broad SMARTS) is 1. The summed E-state index contributed by atoms with van der Waals surface area (Å²) in [6.07, 6.45) is 6.15. The van der Waals surface area contributed by atoms with Crippen molar-refractivity contribution in [3.8, 4) is 11.5 Å². The summed E-state index contributed by atoms with van der Waals surface area (Å²) >= 11 is 18.9. The van der Waals surface area contributed by atoms with E-state index in [1.807, 2.05) is 11.8 Å². The Labute approximate surface area is 248 Å². The maximum absolute atomic E-state index is 13.8. The van der Waals surface area contributed by atoms with Gasteiger partial charge >= 0.3 is 12.1 Å². The van der Waals surface area contributed by atoms with Gasteiger partial charge in [0, 0.05) is 24.4 Å². The predicted octanol–water partition coefficient (Wildman–Crippen LogP) is 6.41. The average molecular weight is 626 g/mol. The maximum atomic E-state index is 13.8. The zero-order valence-corrected chi connectivity index (χ0v) is 25.3. The Hall–Kier alpha value is -2.01. The minimum atomic E-state index is -1.82. The van der Waals surface area contributed by atoms with Gasteiger partial charge in [0.1, 0.15) is 19.1 Å². The number of benzene rings is 1. The largest absolute Gasteiger partial charge is 0.493 e. The number of methoxy groups -OCH3 is 1. The second-order valence-corrected chi connectivity index (χ2v) is 12.5.